The fraction of sp³-hybridized carbons (Fsp3) is 0.0588. The van der Waals surface area contributed by atoms with Crippen molar-refractivity contribution >= 4 is 34.0 Å². The summed E-state index contributed by atoms with van der Waals surface area (Å²) < 4.78 is 0. The number of aromatic nitrogens is 1. The maximum Gasteiger partial charge on any atom is 0.246 e. The first-order chi connectivity index (χ1) is 10.3. The van der Waals surface area contributed by atoms with Gasteiger partial charge in [0.25, 0.3) is 0 Å². The molecule has 3 rings (SSSR count). The smallest absolute Gasteiger partial charge is 0.246 e. The van der Waals surface area contributed by atoms with Crippen molar-refractivity contribution in [2.24, 2.45) is 0 Å². The van der Waals surface area contributed by atoms with E-state index in [2.05, 4.69) is 10.3 Å². The van der Waals surface area contributed by atoms with E-state index in [4.69, 9.17) is 11.6 Å². The quantitative estimate of drug-likeness (QED) is 0.738. The molecule has 0 fully saturated rings. The second-order valence-corrected chi connectivity index (χ2v) is 5.10. The number of amides is 1. The fourth-order valence-corrected chi connectivity index (χ4v) is 2.39. The van der Waals surface area contributed by atoms with Crippen molar-refractivity contribution in [3.05, 3.63) is 72.6 Å². The highest BCUT2D eigenvalue weighted by Crippen LogP contribution is 2.26. The summed E-state index contributed by atoms with van der Waals surface area (Å²) in [6.07, 6.45) is 3.46. The number of alkyl halides is 1. The van der Waals surface area contributed by atoms with Crippen molar-refractivity contribution in [1.82, 2.24) is 4.98 Å². The Labute approximate surface area is 127 Å². The zero-order valence-corrected chi connectivity index (χ0v) is 11.9. The Bertz CT molecular complexity index is 769. The molecule has 0 bridgehead atoms. The Balaban J connectivity index is 1.87. The molecule has 0 aliphatic rings. The van der Waals surface area contributed by atoms with Crippen LogP contribution in [0.3, 0.4) is 0 Å². The van der Waals surface area contributed by atoms with Crippen molar-refractivity contribution in [1.29, 1.82) is 0 Å². The number of fused-ring (bicyclic) bond motifs is 1. The minimum absolute atomic E-state index is 0.251. The Morgan fingerprint density at radius 3 is 2.67 bits per heavy atom. The van der Waals surface area contributed by atoms with Crippen LogP contribution in [0.5, 0.6) is 0 Å². The number of carbonyl (C=O) groups is 1. The van der Waals surface area contributed by atoms with Gasteiger partial charge in [0.15, 0.2) is 0 Å². The van der Waals surface area contributed by atoms with E-state index in [9.17, 15) is 4.79 Å². The van der Waals surface area contributed by atoms with Gasteiger partial charge in [0, 0.05) is 17.8 Å². The number of hydrogen-bond donors (Lipinski definition) is 1. The summed E-state index contributed by atoms with van der Waals surface area (Å²) in [5, 5.41) is 4.06. The maximum absolute atomic E-state index is 12.3. The molecule has 1 aromatic heterocycles. The number of halogens is 1. The first-order valence-electron chi connectivity index (χ1n) is 6.58. The molecule has 1 unspecified atom stereocenters. The number of rotatable bonds is 3. The van der Waals surface area contributed by atoms with Gasteiger partial charge in [-0.05, 0) is 23.1 Å². The normalized spacial score (nSPS) is 12.0. The highest BCUT2D eigenvalue weighted by Gasteiger charge is 2.18. The average Bonchev–Trinajstić information content (AvgIpc) is 2.55. The number of carbonyl (C=O) groups excluding carboxylic acids is 1. The molecule has 0 spiro atoms. The Morgan fingerprint density at radius 1 is 1.05 bits per heavy atom. The van der Waals surface area contributed by atoms with Gasteiger partial charge < -0.3 is 5.32 Å². The molecule has 1 N–H and O–H groups in total. The molecule has 21 heavy (non-hydrogen) atoms. The summed E-state index contributed by atoms with van der Waals surface area (Å²) in [5.41, 5.74) is 1.49. The molecular weight excluding hydrogens is 284 g/mol. The van der Waals surface area contributed by atoms with Crippen molar-refractivity contribution in [3.8, 4) is 0 Å². The summed E-state index contributed by atoms with van der Waals surface area (Å²) in [6, 6.07) is 16.9. The molecule has 1 heterocycles. The predicted molar refractivity (Wildman–Crippen MR) is 85.4 cm³/mol. The summed E-state index contributed by atoms with van der Waals surface area (Å²) >= 11 is 6.23. The van der Waals surface area contributed by atoms with Crippen LogP contribution >= 0.6 is 11.6 Å². The third-order valence-electron chi connectivity index (χ3n) is 3.26. The standard InChI is InChI=1S/C17H13ClN2O/c18-16(13-5-2-1-3-6-13)17(21)20-15-8-4-7-12-9-10-19-11-14(12)15/h1-11,16H,(H,20,21). The lowest BCUT2D eigenvalue weighted by molar-refractivity contribution is -0.115. The molecule has 0 aliphatic heterocycles. The third-order valence-corrected chi connectivity index (χ3v) is 3.71. The minimum Gasteiger partial charge on any atom is -0.324 e. The van der Waals surface area contributed by atoms with E-state index in [1.807, 2.05) is 54.6 Å². The van der Waals surface area contributed by atoms with Crippen molar-refractivity contribution in [3.63, 3.8) is 0 Å². The molecule has 3 aromatic rings. The van der Waals surface area contributed by atoms with E-state index in [0.29, 0.717) is 5.69 Å². The van der Waals surface area contributed by atoms with Crippen LogP contribution in [0, 0.1) is 0 Å². The first kappa shape index (κ1) is 13.6. The zero-order chi connectivity index (χ0) is 14.7. The molecule has 1 atom stereocenters. The molecule has 0 radical (unpaired) electrons. The van der Waals surface area contributed by atoms with Gasteiger partial charge in [-0.3, -0.25) is 9.78 Å². The topological polar surface area (TPSA) is 42.0 Å². The second kappa shape index (κ2) is 5.94. The van der Waals surface area contributed by atoms with Gasteiger partial charge in [-0.1, -0.05) is 42.5 Å². The fourth-order valence-electron chi connectivity index (χ4n) is 2.19. The van der Waals surface area contributed by atoms with Gasteiger partial charge in [-0.25, -0.2) is 0 Å². The molecule has 1 amide bonds. The largest absolute Gasteiger partial charge is 0.324 e. The van der Waals surface area contributed by atoms with E-state index in [1.54, 1.807) is 12.4 Å². The maximum atomic E-state index is 12.3. The Morgan fingerprint density at radius 2 is 1.86 bits per heavy atom. The number of hydrogen-bond acceptors (Lipinski definition) is 2. The van der Waals surface area contributed by atoms with E-state index in [1.165, 1.54) is 0 Å². The zero-order valence-electron chi connectivity index (χ0n) is 11.2. The van der Waals surface area contributed by atoms with Crippen LogP contribution in [0.15, 0.2) is 67.0 Å². The number of benzene rings is 2. The van der Waals surface area contributed by atoms with Crippen molar-refractivity contribution in [2.45, 2.75) is 5.38 Å². The molecule has 0 saturated heterocycles. The van der Waals surface area contributed by atoms with E-state index in [0.717, 1.165) is 16.3 Å². The lowest BCUT2D eigenvalue weighted by Gasteiger charge is -2.12. The van der Waals surface area contributed by atoms with Crippen LogP contribution in [-0.4, -0.2) is 10.9 Å². The molecule has 104 valence electrons. The van der Waals surface area contributed by atoms with Gasteiger partial charge in [0.1, 0.15) is 5.38 Å². The Kier molecular flexibility index (Phi) is 3.84. The summed E-state index contributed by atoms with van der Waals surface area (Å²) in [6.45, 7) is 0. The second-order valence-electron chi connectivity index (χ2n) is 4.66. The van der Waals surface area contributed by atoms with Crippen LogP contribution in [0.1, 0.15) is 10.9 Å². The van der Waals surface area contributed by atoms with Crippen LogP contribution < -0.4 is 5.32 Å². The van der Waals surface area contributed by atoms with E-state index in [-0.39, 0.29) is 5.91 Å². The molecule has 0 saturated carbocycles. The molecule has 2 aromatic carbocycles. The molecule has 4 heteroatoms. The molecule has 3 nitrogen and oxygen atoms in total. The van der Waals surface area contributed by atoms with Crippen LogP contribution in [0.25, 0.3) is 10.8 Å². The number of nitrogens with zero attached hydrogens (tertiary/aromatic N) is 1. The lowest BCUT2D eigenvalue weighted by Crippen LogP contribution is -2.17. The summed E-state index contributed by atoms with van der Waals surface area (Å²) in [4.78, 5) is 16.4. The van der Waals surface area contributed by atoms with Crippen LogP contribution in [0.4, 0.5) is 5.69 Å². The van der Waals surface area contributed by atoms with Gasteiger partial charge in [-0.15, -0.1) is 11.6 Å². The number of anilines is 1. The third kappa shape index (κ3) is 2.88. The van der Waals surface area contributed by atoms with Crippen LogP contribution in [0.2, 0.25) is 0 Å². The summed E-state index contributed by atoms with van der Waals surface area (Å²) in [5.74, 6) is -0.251. The number of pyridine rings is 1. The Hall–Kier alpha value is -2.39. The van der Waals surface area contributed by atoms with E-state index < -0.39 is 5.38 Å². The predicted octanol–water partition coefficient (Wildman–Crippen LogP) is 4.15. The molecule has 0 aliphatic carbocycles. The average molecular weight is 297 g/mol. The van der Waals surface area contributed by atoms with E-state index >= 15 is 0 Å². The van der Waals surface area contributed by atoms with Gasteiger partial charge in [-0.2, -0.15) is 0 Å². The van der Waals surface area contributed by atoms with Crippen molar-refractivity contribution < 1.29 is 4.79 Å². The first-order valence-corrected chi connectivity index (χ1v) is 7.02. The SMILES string of the molecule is O=C(Nc1cccc2ccncc12)C(Cl)c1ccccc1. The van der Waals surface area contributed by atoms with Crippen LogP contribution in [-0.2, 0) is 4.79 Å². The minimum atomic E-state index is -0.724. The number of nitrogens with one attached hydrogen (secondary N) is 1. The monoisotopic (exact) mass is 296 g/mol. The summed E-state index contributed by atoms with van der Waals surface area (Å²) in [7, 11) is 0. The van der Waals surface area contributed by atoms with Gasteiger partial charge in [0.05, 0.1) is 5.69 Å². The molecular formula is C17H13ClN2O. The van der Waals surface area contributed by atoms with Gasteiger partial charge in [0.2, 0.25) is 5.91 Å². The highest BCUT2D eigenvalue weighted by atomic mass is 35.5. The van der Waals surface area contributed by atoms with Gasteiger partial charge >= 0.3 is 0 Å². The van der Waals surface area contributed by atoms with Crippen molar-refractivity contribution in [2.75, 3.05) is 5.32 Å². The highest BCUT2D eigenvalue weighted by molar-refractivity contribution is 6.32. The lowest BCUT2D eigenvalue weighted by atomic mass is 10.1.